The average molecular weight is 289 g/mol. The van der Waals surface area contributed by atoms with Crippen LogP contribution in [0, 0.1) is 27.7 Å². The minimum atomic E-state index is -2.13. The van der Waals surface area contributed by atoms with Gasteiger partial charge >= 0.3 is 11.9 Å². The molecule has 0 aromatic heterocycles. The number of aliphatic carboxylic acids is 2. The molecule has 0 aliphatic carbocycles. The summed E-state index contributed by atoms with van der Waals surface area (Å²) in [4.78, 5) is 31.5. The molecular formula is C11H9F2NO6. The zero-order valence-electron chi connectivity index (χ0n) is 9.82. The second-order valence-corrected chi connectivity index (χ2v) is 3.95. The Hall–Kier alpha value is -2.58. The van der Waals surface area contributed by atoms with Crippen molar-refractivity contribution in [3.05, 3.63) is 45.5 Å². The molecule has 1 rings (SSSR count). The lowest BCUT2D eigenvalue weighted by atomic mass is 9.86. The fraction of sp³-hybridized carbons (Fsp3) is 0.273. The Bertz CT molecular complexity index is 548. The molecule has 108 valence electrons. The quantitative estimate of drug-likeness (QED) is 0.460. The van der Waals surface area contributed by atoms with E-state index in [0.29, 0.717) is 12.1 Å². The summed E-state index contributed by atoms with van der Waals surface area (Å²) in [5, 5.41) is 28.2. The van der Waals surface area contributed by atoms with E-state index in [1.165, 1.54) is 0 Å². The van der Waals surface area contributed by atoms with Gasteiger partial charge in [0.25, 0.3) is 0 Å². The number of hydrogen-bond acceptors (Lipinski definition) is 4. The minimum absolute atomic E-state index is 0.268. The Morgan fingerprint density at radius 3 is 2.15 bits per heavy atom. The fourth-order valence-electron chi connectivity index (χ4n) is 1.76. The third-order valence-corrected chi connectivity index (χ3v) is 2.65. The lowest BCUT2D eigenvalue weighted by molar-refractivity contribution is -0.484. The van der Waals surface area contributed by atoms with Crippen molar-refractivity contribution in [1.29, 1.82) is 0 Å². The Balaban J connectivity index is 3.29. The van der Waals surface area contributed by atoms with E-state index in [1.54, 1.807) is 0 Å². The van der Waals surface area contributed by atoms with Gasteiger partial charge in [0, 0.05) is 4.92 Å². The van der Waals surface area contributed by atoms with Gasteiger partial charge in [0.05, 0.1) is 5.92 Å². The summed E-state index contributed by atoms with van der Waals surface area (Å²) in [6.45, 7) is -1.03. The van der Waals surface area contributed by atoms with Crippen LogP contribution in [-0.2, 0) is 9.59 Å². The van der Waals surface area contributed by atoms with E-state index in [9.17, 15) is 28.5 Å². The summed E-state index contributed by atoms with van der Waals surface area (Å²) in [7, 11) is 0. The maximum Gasteiger partial charge on any atom is 0.318 e. The third-order valence-electron chi connectivity index (χ3n) is 2.65. The van der Waals surface area contributed by atoms with E-state index < -0.39 is 46.9 Å². The van der Waals surface area contributed by atoms with Crippen molar-refractivity contribution in [3.63, 3.8) is 0 Å². The topological polar surface area (TPSA) is 118 Å². The number of rotatable bonds is 6. The van der Waals surface area contributed by atoms with Crippen LogP contribution in [0.2, 0.25) is 0 Å². The van der Waals surface area contributed by atoms with Gasteiger partial charge in [-0.25, -0.2) is 8.78 Å². The lowest BCUT2D eigenvalue weighted by Gasteiger charge is -2.17. The van der Waals surface area contributed by atoms with Crippen LogP contribution in [0.25, 0.3) is 0 Å². The lowest BCUT2D eigenvalue weighted by Crippen LogP contribution is -2.33. The first-order chi connectivity index (χ1) is 9.23. The molecule has 20 heavy (non-hydrogen) atoms. The number of carboxylic acid groups (broad SMARTS) is 2. The molecule has 0 heterocycles. The van der Waals surface area contributed by atoms with Crippen LogP contribution in [-0.4, -0.2) is 33.6 Å². The van der Waals surface area contributed by atoms with Crippen molar-refractivity contribution in [2.24, 2.45) is 5.92 Å². The maximum absolute atomic E-state index is 13.1. The molecule has 1 aromatic carbocycles. The third kappa shape index (κ3) is 3.46. The molecule has 0 amide bonds. The molecule has 0 saturated heterocycles. The Kier molecular flexibility index (Phi) is 4.68. The highest BCUT2D eigenvalue weighted by molar-refractivity contribution is 5.94. The summed E-state index contributed by atoms with van der Waals surface area (Å²) in [5.74, 6) is -9.91. The highest BCUT2D eigenvalue weighted by Crippen LogP contribution is 2.27. The predicted molar refractivity (Wildman–Crippen MR) is 59.7 cm³/mol. The monoisotopic (exact) mass is 289 g/mol. The van der Waals surface area contributed by atoms with E-state index in [-0.39, 0.29) is 5.56 Å². The normalized spacial score (nSPS) is 12.2. The molecule has 7 nitrogen and oxygen atoms in total. The molecule has 0 saturated carbocycles. The molecule has 0 aliphatic rings. The number of carbonyl (C=O) groups is 2. The SMILES string of the molecule is O=C(O)C(C(=O)O)[C@H](C[N+](=O)[O-])c1ccc(F)c(F)c1. The van der Waals surface area contributed by atoms with Crippen molar-refractivity contribution in [2.75, 3.05) is 6.54 Å². The highest BCUT2D eigenvalue weighted by Gasteiger charge is 2.39. The van der Waals surface area contributed by atoms with E-state index in [1.807, 2.05) is 0 Å². The Morgan fingerprint density at radius 1 is 1.20 bits per heavy atom. The molecule has 1 aromatic rings. The Labute approximate surface area is 110 Å². The number of carboxylic acids is 2. The zero-order valence-corrected chi connectivity index (χ0v) is 9.82. The van der Waals surface area contributed by atoms with Crippen LogP contribution in [0.1, 0.15) is 11.5 Å². The van der Waals surface area contributed by atoms with Crippen LogP contribution in [0.3, 0.4) is 0 Å². The first-order valence-electron chi connectivity index (χ1n) is 5.26. The molecule has 1 atom stereocenters. The van der Waals surface area contributed by atoms with Gasteiger partial charge < -0.3 is 10.2 Å². The molecule has 0 spiro atoms. The fourth-order valence-corrected chi connectivity index (χ4v) is 1.76. The number of benzene rings is 1. The summed E-state index contributed by atoms with van der Waals surface area (Å²) < 4.78 is 25.9. The van der Waals surface area contributed by atoms with Crippen molar-refractivity contribution >= 4 is 11.9 Å². The first-order valence-corrected chi connectivity index (χ1v) is 5.26. The number of nitrogens with zero attached hydrogens (tertiary/aromatic N) is 1. The maximum atomic E-state index is 13.1. The summed E-state index contributed by atoms with van der Waals surface area (Å²) in [6.07, 6.45) is 0. The molecule has 2 N–H and O–H groups in total. The van der Waals surface area contributed by atoms with Gasteiger partial charge in [-0.1, -0.05) is 6.07 Å². The van der Waals surface area contributed by atoms with Crippen molar-refractivity contribution in [3.8, 4) is 0 Å². The summed E-state index contributed by atoms with van der Waals surface area (Å²) in [5.41, 5.74) is -0.268. The zero-order chi connectivity index (χ0) is 15.4. The van der Waals surface area contributed by atoms with Crippen molar-refractivity contribution < 1.29 is 33.5 Å². The average Bonchev–Trinajstić information content (AvgIpc) is 2.30. The van der Waals surface area contributed by atoms with Crippen LogP contribution >= 0.6 is 0 Å². The van der Waals surface area contributed by atoms with Gasteiger partial charge in [-0.05, 0) is 17.7 Å². The molecule has 0 bridgehead atoms. The van der Waals surface area contributed by atoms with Gasteiger partial charge in [0.1, 0.15) is 0 Å². The van der Waals surface area contributed by atoms with Gasteiger partial charge in [0.2, 0.25) is 6.54 Å². The van der Waals surface area contributed by atoms with Crippen LogP contribution in [0.5, 0.6) is 0 Å². The minimum Gasteiger partial charge on any atom is -0.481 e. The summed E-state index contributed by atoms with van der Waals surface area (Å²) in [6, 6.07) is 2.13. The molecule has 0 unspecified atom stereocenters. The molecule has 9 heteroatoms. The van der Waals surface area contributed by atoms with E-state index in [2.05, 4.69) is 0 Å². The molecule has 0 radical (unpaired) electrons. The van der Waals surface area contributed by atoms with Gasteiger partial charge in [-0.3, -0.25) is 19.7 Å². The van der Waals surface area contributed by atoms with E-state index >= 15 is 0 Å². The molecule has 0 aliphatic heterocycles. The highest BCUT2D eigenvalue weighted by atomic mass is 19.2. The molecule has 0 fully saturated rings. The number of halogens is 2. The van der Waals surface area contributed by atoms with Crippen molar-refractivity contribution in [2.45, 2.75) is 5.92 Å². The van der Waals surface area contributed by atoms with Gasteiger partial charge in [0.15, 0.2) is 17.6 Å². The largest absolute Gasteiger partial charge is 0.481 e. The van der Waals surface area contributed by atoms with Crippen LogP contribution in [0.15, 0.2) is 18.2 Å². The molecular weight excluding hydrogens is 280 g/mol. The standard InChI is InChI=1S/C11H9F2NO6/c12-7-2-1-5(3-8(7)13)6(4-14(19)20)9(10(15)16)11(17)18/h1-3,6,9H,4H2,(H,15,16)(H,17,18)/t6-/m1/s1. The van der Waals surface area contributed by atoms with Crippen LogP contribution < -0.4 is 0 Å². The second-order valence-electron chi connectivity index (χ2n) is 3.95. The first kappa shape index (κ1) is 15.5. The smallest absolute Gasteiger partial charge is 0.318 e. The summed E-state index contributed by atoms with van der Waals surface area (Å²) >= 11 is 0. The van der Waals surface area contributed by atoms with Gasteiger partial charge in [-0.2, -0.15) is 0 Å². The predicted octanol–water partition coefficient (Wildman–Crippen LogP) is 1.11. The Morgan fingerprint density at radius 2 is 1.75 bits per heavy atom. The van der Waals surface area contributed by atoms with E-state index in [0.717, 1.165) is 6.07 Å². The second kappa shape index (κ2) is 6.04. The van der Waals surface area contributed by atoms with Crippen molar-refractivity contribution in [1.82, 2.24) is 0 Å². The number of nitro groups is 1. The van der Waals surface area contributed by atoms with Crippen LogP contribution in [0.4, 0.5) is 8.78 Å². The van der Waals surface area contributed by atoms with E-state index in [4.69, 9.17) is 10.2 Å². The number of hydrogen-bond donors (Lipinski definition) is 2. The van der Waals surface area contributed by atoms with Gasteiger partial charge in [-0.15, -0.1) is 0 Å².